The molecule has 1 saturated heterocycles. The molecule has 1 aliphatic heterocycles. The second-order valence-electron chi connectivity index (χ2n) is 3.63. The van der Waals surface area contributed by atoms with Crippen LogP contribution in [0.2, 0.25) is 0 Å². The van der Waals surface area contributed by atoms with E-state index in [1.807, 2.05) is 0 Å². The fourth-order valence-corrected chi connectivity index (χ4v) is 1.52. The van der Waals surface area contributed by atoms with Gasteiger partial charge in [0.2, 0.25) is 0 Å². The van der Waals surface area contributed by atoms with Crippen LogP contribution in [-0.2, 0) is 20.4 Å². The molecule has 0 amide bonds. The van der Waals surface area contributed by atoms with E-state index >= 15 is 0 Å². The largest absolute Gasteiger partial charge is 0.662 e. The van der Waals surface area contributed by atoms with Crippen molar-refractivity contribution in [2.24, 2.45) is 11.8 Å². The summed E-state index contributed by atoms with van der Waals surface area (Å²) in [6.45, 7) is 6.86. The number of rotatable bonds is 1. The van der Waals surface area contributed by atoms with Gasteiger partial charge in [0.25, 0.3) is 0 Å². The van der Waals surface area contributed by atoms with Crippen molar-refractivity contribution in [2.45, 2.75) is 33.1 Å². The maximum Gasteiger partial charge on any atom is 0 e. The Morgan fingerprint density at radius 3 is 2.64 bits per heavy atom. The van der Waals surface area contributed by atoms with Crippen LogP contribution in [0.25, 0.3) is 5.32 Å². The molecule has 0 N–H and O–H groups in total. The molecule has 0 bridgehead atoms. The quantitative estimate of drug-likeness (QED) is 0.703. The van der Waals surface area contributed by atoms with E-state index in [-0.39, 0.29) is 20.4 Å². The Kier molecular flexibility index (Phi) is 6.52. The first-order valence-electron chi connectivity index (χ1n) is 4.44. The Morgan fingerprint density at radius 2 is 2.00 bits per heavy atom. The molecule has 0 spiro atoms. The van der Waals surface area contributed by atoms with Crippen molar-refractivity contribution in [1.82, 2.24) is 0 Å². The smallest absolute Gasteiger partial charge is 0 e. The van der Waals surface area contributed by atoms with Gasteiger partial charge in [0, 0.05) is 20.4 Å². The third kappa shape index (κ3) is 4.26. The zero-order valence-electron chi connectivity index (χ0n) is 7.52. The van der Waals surface area contributed by atoms with Crippen molar-refractivity contribution >= 4 is 0 Å². The van der Waals surface area contributed by atoms with E-state index in [0.717, 1.165) is 24.9 Å². The number of hydrogen-bond donors (Lipinski definition) is 0. The topological polar surface area (TPSA) is 14.1 Å². The van der Waals surface area contributed by atoms with E-state index in [2.05, 4.69) is 19.2 Å². The van der Waals surface area contributed by atoms with Crippen molar-refractivity contribution in [3.8, 4) is 0 Å². The normalized spacial score (nSPS) is 25.9. The first kappa shape index (κ1) is 11.6. The molecule has 1 radical (unpaired) electrons. The molecule has 0 aromatic carbocycles. The van der Waals surface area contributed by atoms with Gasteiger partial charge in [0.05, 0.1) is 0 Å². The third-order valence-corrected chi connectivity index (χ3v) is 2.45. The van der Waals surface area contributed by atoms with Gasteiger partial charge in [-0.05, 0) is 5.92 Å². The first-order chi connectivity index (χ1) is 4.80. The number of hydrogen-bond acceptors (Lipinski definition) is 0. The molecule has 0 aromatic rings. The molecule has 1 fully saturated rings. The van der Waals surface area contributed by atoms with E-state index in [9.17, 15) is 0 Å². The van der Waals surface area contributed by atoms with E-state index in [1.54, 1.807) is 0 Å². The van der Waals surface area contributed by atoms with Crippen LogP contribution >= 0.6 is 0 Å². The molecule has 0 aliphatic carbocycles. The van der Waals surface area contributed by atoms with Gasteiger partial charge in [0.1, 0.15) is 0 Å². The summed E-state index contributed by atoms with van der Waals surface area (Å²) in [7, 11) is 0. The first-order valence-corrected chi connectivity index (χ1v) is 4.44. The minimum absolute atomic E-state index is 0. The van der Waals surface area contributed by atoms with Crippen LogP contribution in [0.1, 0.15) is 33.1 Å². The predicted molar refractivity (Wildman–Crippen MR) is 45.3 cm³/mol. The molecule has 1 nitrogen and oxygen atoms in total. The average molecular weight is 326 g/mol. The maximum absolute atomic E-state index is 4.47. The standard InChI is InChI=1S/C9H18N.Re/c1-8(2)9-5-3-4-6-10-7-9;/h8-9H,3-7H2,1-2H3;/q-1;. The summed E-state index contributed by atoms with van der Waals surface area (Å²) < 4.78 is 0. The maximum atomic E-state index is 4.47. The van der Waals surface area contributed by atoms with Crippen LogP contribution in [0.5, 0.6) is 0 Å². The molecule has 1 heterocycles. The Morgan fingerprint density at radius 1 is 1.27 bits per heavy atom. The summed E-state index contributed by atoms with van der Waals surface area (Å²) in [4.78, 5) is 0. The van der Waals surface area contributed by atoms with Crippen molar-refractivity contribution < 1.29 is 20.4 Å². The zero-order valence-corrected chi connectivity index (χ0v) is 10.2. The molecule has 2 heteroatoms. The Bertz CT molecular complexity index is 85.6. The van der Waals surface area contributed by atoms with Crippen LogP contribution in [-0.4, -0.2) is 13.1 Å². The number of nitrogens with zero attached hydrogens (tertiary/aromatic N) is 1. The minimum atomic E-state index is 0. The molecular weight excluding hydrogens is 308 g/mol. The van der Waals surface area contributed by atoms with Crippen molar-refractivity contribution in [2.75, 3.05) is 13.1 Å². The van der Waals surface area contributed by atoms with E-state index in [0.29, 0.717) is 0 Å². The second-order valence-corrected chi connectivity index (χ2v) is 3.63. The Hall–Kier alpha value is 0.622. The molecule has 11 heavy (non-hydrogen) atoms. The van der Waals surface area contributed by atoms with Gasteiger partial charge in [-0.2, -0.15) is 0 Å². The van der Waals surface area contributed by atoms with Gasteiger partial charge in [-0.1, -0.05) is 39.0 Å². The van der Waals surface area contributed by atoms with Crippen LogP contribution in [0.15, 0.2) is 0 Å². The SMILES string of the molecule is CC(C)C1CCCC[N-]C1.[Re]. The van der Waals surface area contributed by atoms with Crippen LogP contribution in [0.3, 0.4) is 0 Å². The molecular formula is C9H18NRe-. The molecule has 0 aromatic heterocycles. The fourth-order valence-electron chi connectivity index (χ4n) is 1.52. The zero-order chi connectivity index (χ0) is 7.40. The summed E-state index contributed by atoms with van der Waals surface area (Å²) in [5.41, 5.74) is 0. The van der Waals surface area contributed by atoms with Crippen molar-refractivity contribution in [3.05, 3.63) is 5.32 Å². The summed E-state index contributed by atoms with van der Waals surface area (Å²) in [5, 5.41) is 4.47. The second kappa shape index (κ2) is 6.17. The van der Waals surface area contributed by atoms with E-state index < -0.39 is 0 Å². The van der Waals surface area contributed by atoms with E-state index in [4.69, 9.17) is 0 Å². The van der Waals surface area contributed by atoms with Crippen LogP contribution in [0.4, 0.5) is 0 Å². The summed E-state index contributed by atoms with van der Waals surface area (Å²) >= 11 is 0. The Balaban J connectivity index is 0.000001000. The van der Waals surface area contributed by atoms with Crippen molar-refractivity contribution in [3.63, 3.8) is 0 Å². The van der Waals surface area contributed by atoms with Crippen LogP contribution in [0, 0.1) is 11.8 Å². The molecule has 1 atom stereocenters. The fraction of sp³-hybridized carbons (Fsp3) is 1.00. The van der Waals surface area contributed by atoms with Gasteiger partial charge in [0.15, 0.2) is 0 Å². The van der Waals surface area contributed by atoms with Gasteiger partial charge >= 0.3 is 0 Å². The molecule has 1 rings (SSSR count). The summed E-state index contributed by atoms with van der Waals surface area (Å²) in [6.07, 6.45) is 4.12. The molecule has 1 unspecified atom stereocenters. The van der Waals surface area contributed by atoms with Crippen LogP contribution < -0.4 is 0 Å². The monoisotopic (exact) mass is 327 g/mol. The summed E-state index contributed by atoms with van der Waals surface area (Å²) in [5.74, 6) is 1.71. The van der Waals surface area contributed by atoms with Gasteiger partial charge in [-0.25, -0.2) is 0 Å². The molecule has 1 aliphatic rings. The summed E-state index contributed by atoms with van der Waals surface area (Å²) in [6, 6.07) is 0. The van der Waals surface area contributed by atoms with Gasteiger partial charge in [-0.3, -0.25) is 0 Å². The van der Waals surface area contributed by atoms with Gasteiger partial charge in [-0.15, -0.1) is 13.1 Å². The molecule has 67 valence electrons. The third-order valence-electron chi connectivity index (χ3n) is 2.45. The van der Waals surface area contributed by atoms with Crippen molar-refractivity contribution in [1.29, 1.82) is 0 Å². The average Bonchev–Trinajstić information content (AvgIpc) is 2.12. The predicted octanol–water partition coefficient (Wildman–Crippen LogP) is 2.81. The molecule has 0 saturated carbocycles. The Labute approximate surface area is 84.0 Å². The van der Waals surface area contributed by atoms with Gasteiger partial charge < -0.3 is 5.32 Å². The van der Waals surface area contributed by atoms with E-state index in [1.165, 1.54) is 19.3 Å². The minimum Gasteiger partial charge on any atom is -0.662 e.